The maximum absolute atomic E-state index is 12.9. The highest BCUT2D eigenvalue weighted by Gasteiger charge is 2.28. The molecule has 1 atom stereocenters. The summed E-state index contributed by atoms with van der Waals surface area (Å²) in [5, 5.41) is 0. The first kappa shape index (κ1) is 19.4. The molecule has 148 valence electrons. The van der Waals surface area contributed by atoms with Gasteiger partial charge in [0.05, 0.1) is 6.04 Å². The molecule has 0 aromatic heterocycles. The largest absolute Gasteiger partial charge is 0.336 e. The van der Waals surface area contributed by atoms with Crippen LogP contribution in [0.2, 0.25) is 0 Å². The lowest BCUT2D eigenvalue weighted by atomic mass is 9.95. The van der Waals surface area contributed by atoms with Crippen molar-refractivity contribution in [3.63, 3.8) is 0 Å². The van der Waals surface area contributed by atoms with Crippen molar-refractivity contribution in [1.82, 2.24) is 9.80 Å². The Balaban J connectivity index is 1.51. The summed E-state index contributed by atoms with van der Waals surface area (Å²) in [5.41, 5.74) is 5.83. The molecule has 0 N–H and O–H groups in total. The van der Waals surface area contributed by atoms with Gasteiger partial charge in [0.2, 0.25) is 0 Å². The molecule has 3 aromatic rings. The van der Waals surface area contributed by atoms with E-state index in [1.807, 2.05) is 36.1 Å². The summed E-state index contributed by atoms with van der Waals surface area (Å²) in [6, 6.07) is 27.6. The molecule has 3 heteroatoms. The first-order valence-corrected chi connectivity index (χ1v) is 10.3. The van der Waals surface area contributed by atoms with Crippen LogP contribution < -0.4 is 0 Å². The summed E-state index contributed by atoms with van der Waals surface area (Å²) in [6.45, 7) is 7.40. The van der Waals surface area contributed by atoms with E-state index in [4.69, 9.17) is 0 Å². The normalized spacial score (nSPS) is 15.9. The lowest BCUT2D eigenvalue weighted by Crippen LogP contribution is -2.49. The predicted molar refractivity (Wildman–Crippen MR) is 118 cm³/mol. The first-order valence-electron chi connectivity index (χ1n) is 10.3. The zero-order valence-corrected chi connectivity index (χ0v) is 17.2. The minimum absolute atomic E-state index is 0.135. The third-order valence-corrected chi connectivity index (χ3v) is 5.77. The molecular weight excluding hydrogens is 356 g/mol. The molecule has 3 aromatic carbocycles. The van der Waals surface area contributed by atoms with Gasteiger partial charge in [-0.2, -0.15) is 0 Å². The third kappa shape index (κ3) is 4.41. The van der Waals surface area contributed by atoms with Crippen LogP contribution in [0.1, 0.15) is 38.7 Å². The van der Waals surface area contributed by atoms with Crippen molar-refractivity contribution in [1.29, 1.82) is 0 Å². The van der Waals surface area contributed by atoms with Gasteiger partial charge in [0.1, 0.15) is 0 Å². The Morgan fingerprint density at radius 3 is 1.79 bits per heavy atom. The quantitative estimate of drug-likeness (QED) is 0.642. The monoisotopic (exact) mass is 384 g/mol. The number of rotatable bonds is 4. The Labute approximate surface area is 173 Å². The molecule has 1 saturated heterocycles. The number of piperazine rings is 1. The van der Waals surface area contributed by atoms with Gasteiger partial charge in [-0.3, -0.25) is 9.69 Å². The molecule has 4 rings (SSSR count). The second kappa shape index (κ2) is 8.62. The fourth-order valence-electron chi connectivity index (χ4n) is 4.06. The van der Waals surface area contributed by atoms with Crippen LogP contribution in [0.4, 0.5) is 0 Å². The number of aryl methyl sites for hydroxylation is 2. The van der Waals surface area contributed by atoms with Crippen LogP contribution in [0.3, 0.4) is 0 Å². The number of benzene rings is 3. The highest BCUT2D eigenvalue weighted by molar-refractivity contribution is 5.94. The molecule has 0 saturated carbocycles. The Kier molecular flexibility index (Phi) is 5.77. The van der Waals surface area contributed by atoms with Gasteiger partial charge in [-0.05, 0) is 37.1 Å². The molecule has 0 radical (unpaired) electrons. The van der Waals surface area contributed by atoms with Gasteiger partial charge < -0.3 is 4.90 Å². The molecular formula is C26H28N2O. The topological polar surface area (TPSA) is 23.6 Å². The third-order valence-electron chi connectivity index (χ3n) is 5.77. The van der Waals surface area contributed by atoms with Crippen molar-refractivity contribution in [2.45, 2.75) is 19.9 Å². The zero-order valence-electron chi connectivity index (χ0n) is 17.2. The van der Waals surface area contributed by atoms with Crippen LogP contribution in [0.25, 0.3) is 0 Å². The van der Waals surface area contributed by atoms with Gasteiger partial charge in [0.15, 0.2) is 0 Å². The minimum atomic E-state index is 0.135. The number of carbonyl (C=O) groups excluding carboxylic acids is 1. The van der Waals surface area contributed by atoms with Crippen molar-refractivity contribution in [2.75, 3.05) is 26.2 Å². The predicted octanol–water partition coefficient (Wildman–Crippen LogP) is 4.85. The van der Waals surface area contributed by atoms with Crippen LogP contribution >= 0.6 is 0 Å². The number of hydrogen-bond donors (Lipinski definition) is 0. The SMILES string of the molecule is Cc1ccc(C(=O)N2CCN([C@H](c3ccccc3)c3ccc(C)cc3)CC2)cc1. The summed E-state index contributed by atoms with van der Waals surface area (Å²) in [6.07, 6.45) is 0. The van der Waals surface area contributed by atoms with E-state index in [9.17, 15) is 4.79 Å². The lowest BCUT2D eigenvalue weighted by molar-refractivity contribution is 0.0597. The van der Waals surface area contributed by atoms with E-state index in [0.717, 1.165) is 31.7 Å². The van der Waals surface area contributed by atoms with Crippen LogP contribution in [-0.2, 0) is 0 Å². The van der Waals surface area contributed by atoms with Crippen molar-refractivity contribution < 1.29 is 4.79 Å². The highest BCUT2D eigenvalue weighted by atomic mass is 16.2. The molecule has 1 heterocycles. The fourth-order valence-corrected chi connectivity index (χ4v) is 4.06. The van der Waals surface area contributed by atoms with Gasteiger partial charge >= 0.3 is 0 Å². The van der Waals surface area contributed by atoms with E-state index >= 15 is 0 Å². The van der Waals surface area contributed by atoms with Crippen LogP contribution in [0, 0.1) is 13.8 Å². The maximum Gasteiger partial charge on any atom is 0.253 e. The number of amides is 1. The molecule has 0 unspecified atom stereocenters. The van der Waals surface area contributed by atoms with E-state index in [1.165, 1.54) is 22.3 Å². The maximum atomic E-state index is 12.9. The molecule has 0 spiro atoms. The van der Waals surface area contributed by atoms with Gasteiger partial charge in [-0.25, -0.2) is 0 Å². The molecule has 1 aliphatic heterocycles. The van der Waals surface area contributed by atoms with Gasteiger partial charge in [-0.1, -0.05) is 77.9 Å². The average Bonchev–Trinajstić information content (AvgIpc) is 2.77. The number of carbonyl (C=O) groups is 1. The van der Waals surface area contributed by atoms with E-state index in [2.05, 4.69) is 66.4 Å². The zero-order chi connectivity index (χ0) is 20.2. The Hall–Kier alpha value is -2.91. The average molecular weight is 385 g/mol. The molecule has 3 nitrogen and oxygen atoms in total. The minimum Gasteiger partial charge on any atom is -0.336 e. The van der Waals surface area contributed by atoms with E-state index in [-0.39, 0.29) is 11.9 Å². The summed E-state index contributed by atoms with van der Waals surface area (Å²) in [7, 11) is 0. The highest BCUT2D eigenvalue weighted by Crippen LogP contribution is 2.30. The standard InChI is InChI=1S/C26H28N2O/c1-20-8-12-23(13-9-20)25(22-6-4-3-5-7-22)27-16-18-28(19-17-27)26(29)24-14-10-21(2)11-15-24/h3-15,25H,16-19H2,1-2H3/t25-/m1/s1. The van der Waals surface area contributed by atoms with E-state index in [1.54, 1.807) is 0 Å². The second-order valence-corrected chi connectivity index (χ2v) is 7.92. The van der Waals surface area contributed by atoms with Crippen molar-refractivity contribution in [3.8, 4) is 0 Å². The smallest absolute Gasteiger partial charge is 0.253 e. The Morgan fingerprint density at radius 1 is 0.690 bits per heavy atom. The molecule has 1 aliphatic rings. The molecule has 29 heavy (non-hydrogen) atoms. The summed E-state index contributed by atoms with van der Waals surface area (Å²) < 4.78 is 0. The number of hydrogen-bond acceptors (Lipinski definition) is 2. The van der Waals surface area contributed by atoms with Crippen LogP contribution in [0.15, 0.2) is 78.9 Å². The summed E-state index contributed by atoms with van der Waals surface area (Å²) in [4.78, 5) is 17.4. The molecule has 0 bridgehead atoms. The Morgan fingerprint density at radius 2 is 1.21 bits per heavy atom. The Bertz CT molecular complexity index is 940. The second-order valence-electron chi connectivity index (χ2n) is 7.92. The summed E-state index contributed by atoms with van der Waals surface area (Å²) >= 11 is 0. The van der Waals surface area contributed by atoms with E-state index in [0.29, 0.717) is 0 Å². The molecule has 1 fully saturated rings. The molecule has 0 aliphatic carbocycles. The van der Waals surface area contributed by atoms with Crippen LogP contribution in [0.5, 0.6) is 0 Å². The van der Waals surface area contributed by atoms with Crippen molar-refractivity contribution >= 4 is 5.91 Å². The van der Waals surface area contributed by atoms with Crippen molar-refractivity contribution in [3.05, 3.63) is 107 Å². The fraction of sp³-hybridized carbons (Fsp3) is 0.269. The van der Waals surface area contributed by atoms with Crippen molar-refractivity contribution in [2.24, 2.45) is 0 Å². The lowest BCUT2D eigenvalue weighted by Gasteiger charge is -2.40. The van der Waals surface area contributed by atoms with Gasteiger partial charge in [0, 0.05) is 31.7 Å². The molecule has 1 amide bonds. The summed E-state index contributed by atoms with van der Waals surface area (Å²) in [5.74, 6) is 0.135. The van der Waals surface area contributed by atoms with Crippen LogP contribution in [-0.4, -0.2) is 41.9 Å². The number of nitrogens with zero attached hydrogens (tertiary/aromatic N) is 2. The van der Waals surface area contributed by atoms with Gasteiger partial charge in [0.25, 0.3) is 5.91 Å². The first-order chi connectivity index (χ1) is 14.1. The van der Waals surface area contributed by atoms with E-state index < -0.39 is 0 Å². The van der Waals surface area contributed by atoms with Gasteiger partial charge in [-0.15, -0.1) is 0 Å².